The SMILES string of the molecule is O=C(C1Cc2ccccc2S1)N1CCN(S(=O)(=O)c2ccc(F)cc2F)CC1. The van der Waals surface area contributed by atoms with Gasteiger partial charge in [-0.15, -0.1) is 11.8 Å². The molecule has 0 spiro atoms. The second-order valence-electron chi connectivity index (χ2n) is 6.72. The Bertz CT molecular complexity index is 997. The first-order chi connectivity index (χ1) is 13.4. The zero-order valence-corrected chi connectivity index (χ0v) is 16.5. The van der Waals surface area contributed by atoms with Crippen molar-refractivity contribution in [1.82, 2.24) is 9.21 Å². The van der Waals surface area contributed by atoms with Crippen LogP contribution in [0.25, 0.3) is 0 Å². The van der Waals surface area contributed by atoms with Crippen molar-refractivity contribution in [2.75, 3.05) is 26.2 Å². The van der Waals surface area contributed by atoms with Gasteiger partial charge in [0.15, 0.2) is 0 Å². The zero-order chi connectivity index (χ0) is 19.9. The molecule has 1 unspecified atom stereocenters. The van der Waals surface area contributed by atoms with Gasteiger partial charge in [0.25, 0.3) is 0 Å². The van der Waals surface area contributed by atoms with Gasteiger partial charge in [0.1, 0.15) is 16.5 Å². The molecule has 2 heterocycles. The van der Waals surface area contributed by atoms with Gasteiger partial charge in [0.2, 0.25) is 15.9 Å². The summed E-state index contributed by atoms with van der Waals surface area (Å²) in [5, 5.41) is -0.199. The first-order valence-electron chi connectivity index (χ1n) is 8.85. The molecule has 0 bridgehead atoms. The molecule has 0 saturated carbocycles. The van der Waals surface area contributed by atoms with Crippen LogP contribution in [0.3, 0.4) is 0 Å². The van der Waals surface area contributed by atoms with Crippen molar-refractivity contribution in [2.45, 2.75) is 21.5 Å². The number of halogens is 2. The third-order valence-electron chi connectivity index (χ3n) is 4.98. The molecule has 2 aromatic rings. The van der Waals surface area contributed by atoms with Gasteiger partial charge >= 0.3 is 0 Å². The number of nitrogens with zero attached hydrogens (tertiary/aromatic N) is 2. The molecule has 0 radical (unpaired) electrons. The van der Waals surface area contributed by atoms with Gasteiger partial charge in [-0.05, 0) is 30.2 Å². The minimum atomic E-state index is -4.07. The average Bonchev–Trinajstić information content (AvgIpc) is 3.11. The number of amides is 1. The molecule has 1 saturated heterocycles. The summed E-state index contributed by atoms with van der Waals surface area (Å²) in [6.45, 7) is 0.646. The Hall–Kier alpha value is -1.97. The Balaban J connectivity index is 1.41. The lowest BCUT2D eigenvalue weighted by atomic mass is 10.1. The summed E-state index contributed by atoms with van der Waals surface area (Å²) < 4.78 is 53.5. The van der Waals surface area contributed by atoms with Crippen molar-refractivity contribution >= 4 is 27.7 Å². The molecule has 1 atom stereocenters. The van der Waals surface area contributed by atoms with Crippen molar-refractivity contribution in [3.8, 4) is 0 Å². The molecule has 1 fully saturated rings. The molecule has 148 valence electrons. The topological polar surface area (TPSA) is 57.7 Å². The van der Waals surface area contributed by atoms with Gasteiger partial charge in [-0.25, -0.2) is 17.2 Å². The van der Waals surface area contributed by atoms with Crippen LogP contribution >= 0.6 is 11.8 Å². The fourth-order valence-corrected chi connectivity index (χ4v) is 6.24. The number of fused-ring (bicyclic) bond motifs is 1. The van der Waals surface area contributed by atoms with Crippen LogP contribution in [0.2, 0.25) is 0 Å². The zero-order valence-electron chi connectivity index (χ0n) is 14.8. The second kappa shape index (κ2) is 7.46. The van der Waals surface area contributed by atoms with E-state index in [-0.39, 0.29) is 37.3 Å². The number of piperazine rings is 1. The quantitative estimate of drug-likeness (QED) is 0.760. The van der Waals surface area contributed by atoms with E-state index in [1.54, 1.807) is 4.90 Å². The summed E-state index contributed by atoms with van der Waals surface area (Å²) in [6.07, 6.45) is 0.666. The van der Waals surface area contributed by atoms with Crippen molar-refractivity contribution in [1.29, 1.82) is 0 Å². The lowest BCUT2D eigenvalue weighted by Gasteiger charge is -2.35. The number of sulfonamides is 1. The maximum atomic E-state index is 13.9. The molecule has 1 amide bonds. The summed E-state index contributed by atoms with van der Waals surface area (Å²) in [5.74, 6) is -1.95. The van der Waals surface area contributed by atoms with E-state index in [0.717, 1.165) is 26.9 Å². The van der Waals surface area contributed by atoms with Crippen LogP contribution < -0.4 is 0 Å². The highest BCUT2D eigenvalue weighted by Gasteiger charge is 2.36. The summed E-state index contributed by atoms with van der Waals surface area (Å²) >= 11 is 1.54. The Kier molecular flexibility index (Phi) is 5.15. The number of benzene rings is 2. The van der Waals surface area contributed by atoms with E-state index >= 15 is 0 Å². The van der Waals surface area contributed by atoms with Crippen LogP contribution in [0.15, 0.2) is 52.3 Å². The van der Waals surface area contributed by atoms with E-state index in [4.69, 9.17) is 0 Å². The molecule has 2 aliphatic heterocycles. The fourth-order valence-electron chi connectivity index (χ4n) is 3.50. The highest BCUT2D eigenvalue weighted by Crippen LogP contribution is 2.37. The fraction of sp³-hybridized carbons (Fsp3) is 0.316. The maximum Gasteiger partial charge on any atom is 0.246 e. The molecule has 9 heteroatoms. The molecule has 28 heavy (non-hydrogen) atoms. The van der Waals surface area contributed by atoms with Gasteiger partial charge in [-0.2, -0.15) is 4.31 Å². The third-order valence-corrected chi connectivity index (χ3v) is 8.22. The third kappa shape index (κ3) is 3.54. The summed E-state index contributed by atoms with van der Waals surface area (Å²) in [4.78, 5) is 15.0. The highest BCUT2D eigenvalue weighted by atomic mass is 32.2. The van der Waals surface area contributed by atoms with Crippen LogP contribution in [0.5, 0.6) is 0 Å². The lowest BCUT2D eigenvalue weighted by molar-refractivity contribution is -0.131. The summed E-state index contributed by atoms with van der Waals surface area (Å²) in [5.41, 5.74) is 1.15. The number of carbonyl (C=O) groups excluding carboxylic acids is 1. The smallest absolute Gasteiger partial charge is 0.246 e. The van der Waals surface area contributed by atoms with Crippen LogP contribution in [-0.4, -0.2) is 55.0 Å². The number of thioether (sulfide) groups is 1. The number of hydrogen-bond donors (Lipinski definition) is 0. The minimum absolute atomic E-state index is 0.00814. The predicted octanol–water partition coefficient (Wildman–Crippen LogP) is 2.51. The lowest BCUT2D eigenvalue weighted by Crippen LogP contribution is -2.52. The monoisotopic (exact) mass is 424 g/mol. The second-order valence-corrected chi connectivity index (χ2v) is 9.87. The molecule has 0 N–H and O–H groups in total. The average molecular weight is 424 g/mol. The standard InChI is InChI=1S/C19H18F2N2O3S2/c20-14-5-6-18(15(21)12-14)28(25,26)23-9-7-22(8-10-23)19(24)17-11-13-3-1-2-4-16(13)27-17/h1-6,12,17H,7-11H2. The Morgan fingerprint density at radius 1 is 1.04 bits per heavy atom. The Morgan fingerprint density at radius 2 is 1.75 bits per heavy atom. The maximum absolute atomic E-state index is 13.9. The first-order valence-corrected chi connectivity index (χ1v) is 11.2. The van der Waals surface area contributed by atoms with Gasteiger partial charge < -0.3 is 4.90 Å². The molecule has 0 aromatic heterocycles. The summed E-state index contributed by atoms with van der Waals surface area (Å²) in [6, 6.07) is 10.3. The van der Waals surface area contributed by atoms with E-state index in [2.05, 4.69) is 0 Å². The van der Waals surface area contributed by atoms with Crippen LogP contribution in [-0.2, 0) is 21.2 Å². The molecule has 2 aliphatic rings. The Morgan fingerprint density at radius 3 is 2.43 bits per heavy atom. The minimum Gasteiger partial charge on any atom is -0.339 e. The molecule has 4 rings (SSSR count). The van der Waals surface area contributed by atoms with Gasteiger partial charge in [0.05, 0.1) is 5.25 Å². The van der Waals surface area contributed by atoms with Crippen LogP contribution in [0.1, 0.15) is 5.56 Å². The predicted molar refractivity (Wildman–Crippen MR) is 101 cm³/mol. The molecule has 2 aromatic carbocycles. The van der Waals surface area contributed by atoms with E-state index in [1.165, 1.54) is 11.8 Å². The van der Waals surface area contributed by atoms with E-state index in [9.17, 15) is 22.0 Å². The number of carbonyl (C=O) groups is 1. The molecule has 5 nitrogen and oxygen atoms in total. The van der Waals surface area contributed by atoms with Crippen molar-refractivity contribution in [3.05, 3.63) is 59.7 Å². The van der Waals surface area contributed by atoms with Crippen molar-refractivity contribution in [2.24, 2.45) is 0 Å². The molecular formula is C19H18F2N2O3S2. The first kappa shape index (κ1) is 19.4. The molecular weight excluding hydrogens is 406 g/mol. The van der Waals surface area contributed by atoms with Gasteiger partial charge in [0, 0.05) is 37.1 Å². The number of rotatable bonds is 3. The van der Waals surface area contributed by atoms with Crippen molar-refractivity contribution < 1.29 is 22.0 Å². The van der Waals surface area contributed by atoms with Gasteiger partial charge in [-0.1, -0.05) is 18.2 Å². The number of hydrogen-bond acceptors (Lipinski definition) is 4. The Labute approximate surface area is 166 Å². The van der Waals surface area contributed by atoms with E-state index in [0.29, 0.717) is 12.5 Å². The van der Waals surface area contributed by atoms with Crippen LogP contribution in [0, 0.1) is 11.6 Å². The van der Waals surface area contributed by atoms with E-state index < -0.39 is 26.6 Å². The summed E-state index contributed by atoms with van der Waals surface area (Å²) in [7, 11) is -4.07. The van der Waals surface area contributed by atoms with Crippen LogP contribution in [0.4, 0.5) is 8.78 Å². The van der Waals surface area contributed by atoms with E-state index in [1.807, 2.05) is 24.3 Å². The van der Waals surface area contributed by atoms with Gasteiger partial charge in [-0.3, -0.25) is 4.79 Å². The normalized spacial score (nSPS) is 20.2. The highest BCUT2D eigenvalue weighted by molar-refractivity contribution is 8.01. The largest absolute Gasteiger partial charge is 0.339 e. The van der Waals surface area contributed by atoms with Crippen molar-refractivity contribution in [3.63, 3.8) is 0 Å². The molecule has 0 aliphatic carbocycles.